The fourth-order valence-electron chi connectivity index (χ4n) is 2.01. The Morgan fingerprint density at radius 1 is 1.16 bits per heavy atom. The second-order valence-electron chi connectivity index (χ2n) is 4.51. The predicted octanol–water partition coefficient (Wildman–Crippen LogP) is 1.04. The summed E-state index contributed by atoms with van der Waals surface area (Å²) >= 11 is 0. The average molecular weight is 267 g/mol. The molecule has 19 heavy (non-hydrogen) atoms. The number of hydrogen-bond donors (Lipinski definition) is 2. The summed E-state index contributed by atoms with van der Waals surface area (Å²) in [5, 5.41) is 18.6. The van der Waals surface area contributed by atoms with E-state index in [9.17, 15) is 15.0 Å². The molecule has 0 saturated heterocycles. The molecule has 0 amide bonds. The van der Waals surface area contributed by atoms with E-state index >= 15 is 0 Å². The second kappa shape index (κ2) is 7.11. The quantitative estimate of drug-likeness (QED) is 0.754. The van der Waals surface area contributed by atoms with Crippen LogP contribution in [0.5, 0.6) is 0 Å². The lowest BCUT2D eigenvalue weighted by Crippen LogP contribution is -2.44. The van der Waals surface area contributed by atoms with Crippen molar-refractivity contribution in [1.82, 2.24) is 0 Å². The van der Waals surface area contributed by atoms with Crippen LogP contribution in [0.1, 0.15) is 24.2 Å². The average Bonchev–Trinajstić information content (AvgIpc) is 2.46. The van der Waals surface area contributed by atoms with E-state index in [0.717, 1.165) is 5.69 Å². The topological polar surface area (TPSA) is 70.0 Å². The van der Waals surface area contributed by atoms with Crippen molar-refractivity contribution in [3.63, 3.8) is 0 Å². The molecule has 0 aliphatic heterocycles. The Labute approximate surface area is 113 Å². The van der Waals surface area contributed by atoms with Gasteiger partial charge >= 0.3 is 5.97 Å². The maximum atomic E-state index is 11.4. The molecule has 5 heteroatoms. The molecule has 1 aromatic carbocycles. The minimum Gasteiger partial charge on any atom is -0.465 e. The van der Waals surface area contributed by atoms with Gasteiger partial charge in [0.05, 0.1) is 25.9 Å². The monoisotopic (exact) mass is 267 g/mol. The second-order valence-corrected chi connectivity index (χ2v) is 4.51. The third-order valence-corrected chi connectivity index (χ3v) is 3.06. The Balaban J connectivity index is 3.00. The molecular weight excluding hydrogens is 246 g/mol. The van der Waals surface area contributed by atoms with E-state index in [1.807, 2.05) is 18.7 Å². The zero-order valence-electron chi connectivity index (χ0n) is 11.5. The van der Waals surface area contributed by atoms with Crippen LogP contribution in [-0.4, -0.2) is 48.6 Å². The van der Waals surface area contributed by atoms with Crippen molar-refractivity contribution in [3.8, 4) is 0 Å². The summed E-state index contributed by atoms with van der Waals surface area (Å²) in [4.78, 5) is 13.3. The molecule has 2 atom stereocenters. The smallest absolute Gasteiger partial charge is 0.337 e. The van der Waals surface area contributed by atoms with Crippen molar-refractivity contribution >= 4 is 11.7 Å². The molecular formula is C14H21NO4. The summed E-state index contributed by atoms with van der Waals surface area (Å²) < 4.78 is 4.64. The number of aliphatic hydroxyl groups excluding tert-OH is 2. The fourth-order valence-corrected chi connectivity index (χ4v) is 2.01. The maximum absolute atomic E-state index is 11.4. The van der Waals surface area contributed by atoms with Gasteiger partial charge in [-0.1, -0.05) is 0 Å². The summed E-state index contributed by atoms with van der Waals surface area (Å²) in [7, 11) is 1.34. The molecule has 1 rings (SSSR count). The molecule has 106 valence electrons. The van der Waals surface area contributed by atoms with E-state index in [2.05, 4.69) is 4.74 Å². The SMILES string of the molecule is COC(=O)c1ccc(N(C(C)CO)C(C)CO)cc1. The van der Waals surface area contributed by atoms with Gasteiger partial charge in [-0.25, -0.2) is 4.79 Å². The Morgan fingerprint density at radius 2 is 1.63 bits per heavy atom. The minimum atomic E-state index is -0.386. The molecule has 0 saturated carbocycles. The first-order chi connectivity index (χ1) is 9.04. The number of methoxy groups -OCH3 is 1. The molecule has 0 fully saturated rings. The maximum Gasteiger partial charge on any atom is 0.337 e. The molecule has 0 aliphatic carbocycles. The normalized spacial score (nSPS) is 13.7. The van der Waals surface area contributed by atoms with Gasteiger partial charge in [0.25, 0.3) is 0 Å². The highest BCUT2D eigenvalue weighted by atomic mass is 16.5. The van der Waals surface area contributed by atoms with Crippen molar-refractivity contribution in [2.75, 3.05) is 25.2 Å². The van der Waals surface area contributed by atoms with Gasteiger partial charge in [-0.15, -0.1) is 0 Å². The first-order valence-corrected chi connectivity index (χ1v) is 6.23. The Bertz CT molecular complexity index is 394. The van der Waals surface area contributed by atoms with Crippen molar-refractivity contribution in [2.45, 2.75) is 25.9 Å². The Morgan fingerprint density at radius 3 is 2.00 bits per heavy atom. The molecule has 0 radical (unpaired) electrons. The van der Waals surface area contributed by atoms with Crippen LogP contribution >= 0.6 is 0 Å². The number of esters is 1. The van der Waals surface area contributed by atoms with Crippen molar-refractivity contribution in [2.24, 2.45) is 0 Å². The molecule has 0 spiro atoms. The summed E-state index contributed by atoms with van der Waals surface area (Å²) in [5.74, 6) is -0.386. The summed E-state index contributed by atoms with van der Waals surface area (Å²) in [6.45, 7) is 3.73. The van der Waals surface area contributed by atoms with Crippen LogP contribution < -0.4 is 4.90 Å². The highest BCUT2D eigenvalue weighted by Gasteiger charge is 2.19. The molecule has 0 aromatic heterocycles. The number of anilines is 1. The van der Waals surface area contributed by atoms with E-state index in [1.54, 1.807) is 24.3 Å². The van der Waals surface area contributed by atoms with Crippen LogP contribution in [0.3, 0.4) is 0 Å². The number of rotatable bonds is 6. The zero-order valence-corrected chi connectivity index (χ0v) is 11.5. The lowest BCUT2D eigenvalue weighted by Gasteiger charge is -2.35. The van der Waals surface area contributed by atoms with E-state index < -0.39 is 0 Å². The van der Waals surface area contributed by atoms with E-state index in [4.69, 9.17) is 0 Å². The van der Waals surface area contributed by atoms with Crippen LogP contribution in [-0.2, 0) is 4.74 Å². The van der Waals surface area contributed by atoms with Gasteiger partial charge in [0, 0.05) is 17.8 Å². The summed E-state index contributed by atoms with van der Waals surface area (Å²) in [6.07, 6.45) is 0. The van der Waals surface area contributed by atoms with Crippen LogP contribution in [0.4, 0.5) is 5.69 Å². The highest BCUT2D eigenvalue weighted by Crippen LogP contribution is 2.21. The molecule has 0 bridgehead atoms. The predicted molar refractivity (Wildman–Crippen MR) is 73.4 cm³/mol. The number of aliphatic hydroxyl groups is 2. The lowest BCUT2D eigenvalue weighted by molar-refractivity contribution is 0.0600. The van der Waals surface area contributed by atoms with Gasteiger partial charge in [0.1, 0.15) is 0 Å². The summed E-state index contributed by atoms with van der Waals surface area (Å²) in [5.41, 5.74) is 1.32. The van der Waals surface area contributed by atoms with Gasteiger partial charge in [0.2, 0.25) is 0 Å². The molecule has 2 unspecified atom stereocenters. The number of benzene rings is 1. The van der Waals surface area contributed by atoms with Crippen molar-refractivity contribution in [3.05, 3.63) is 29.8 Å². The molecule has 5 nitrogen and oxygen atoms in total. The van der Waals surface area contributed by atoms with Gasteiger partial charge in [-0.2, -0.15) is 0 Å². The zero-order chi connectivity index (χ0) is 14.4. The number of nitrogens with zero attached hydrogens (tertiary/aromatic N) is 1. The lowest BCUT2D eigenvalue weighted by atomic mass is 10.1. The number of carbonyl (C=O) groups is 1. The Kier molecular flexibility index (Phi) is 5.79. The number of carbonyl (C=O) groups excluding carboxylic acids is 1. The van der Waals surface area contributed by atoms with Crippen LogP contribution in [0.25, 0.3) is 0 Å². The number of hydrogen-bond acceptors (Lipinski definition) is 5. The van der Waals surface area contributed by atoms with Crippen LogP contribution in [0, 0.1) is 0 Å². The van der Waals surface area contributed by atoms with Crippen molar-refractivity contribution in [1.29, 1.82) is 0 Å². The third-order valence-electron chi connectivity index (χ3n) is 3.06. The number of ether oxygens (including phenoxy) is 1. The van der Waals surface area contributed by atoms with E-state index in [1.165, 1.54) is 7.11 Å². The molecule has 2 N–H and O–H groups in total. The third kappa shape index (κ3) is 3.68. The standard InChI is InChI=1S/C14H21NO4/c1-10(8-16)15(11(2)9-17)13-6-4-12(5-7-13)14(18)19-3/h4-7,10-11,16-17H,8-9H2,1-3H3. The fraction of sp³-hybridized carbons (Fsp3) is 0.500. The Hall–Kier alpha value is -1.59. The molecule has 1 aromatic rings. The van der Waals surface area contributed by atoms with Gasteiger partial charge in [-0.3, -0.25) is 0 Å². The van der Waals surface area contributed by atoms with Crippen molar-refractivity contribution < 1.29 is 19.7 Å². The van der Waals surface area contributed by atoms with Crippen LogP contribution in [0.2, 0.25) is 0 Å². The van der Waals surface area contributed by atoms with E-state index in [-0.39, 0.29) is 31.3 Å². The van der Waals surface area contributed by atoms with Crippen LogP contribution in [0.15, 0.2) is 24.3 Å². The molecule has 0 heterocycles. The summed E-state index contributed by atoms with van der Waals surface area (Å²) in [6, 6.07) is 6.66. The van der Waals surface area contributed by atoms with Gasteiger partial charge in [0.15, 0.2) is 0 Å². The first-order valence-electron chi connectivity index (χ1n) is 6.23. The molecule has 0 aliphatic rings. The van der Waals surface area contributed by atoms with E-state index in [0.29, 0.717) is 5.56 Å². The largest absolute Gasteiger partial charge is 0.465 e. The highest BCUT2D eigenvalue weighted by molar-refractivity contribution is 5.89. The van der Waals surface area contributed by atoms with Gasteiger partial charge < -0.3 is 19.8 Å². The minimum absolute atomic E-state index is 0.0108. The van der Waals surface area contributed by atoms with Gasteiger partial charge in [-0.05, 0) is 38.1 Å². The first kappa shape index (κ1) is 15.5.